The van der Waals surface area contributed by atoms with E-state index in [1.54, 1.807) is 0 Å². The molecule has 0 saturated heterocycles. The first kappa shape index (κ1) is 32.8. The van der Waals surface area contributed by atoms with Crippen LogP contribution in [0.4, 0.5) is 11.4 Å². The molecule has 11 aromatic rings. The molecule has 59 heavy (non-hydrogen) atoms. The van der Waals surface area contributed by atoms with E-state index in [1.165, 1.54) is 55.2 Å². The fourth-order valence-electron chi connectivity index (χ4n) is 10.8. The third kappa shape index (κ3) is 4.49. The lowest BCUT2D eigenvalue weighted by molar-refractivity contribution is 0.389. The minimum Gasteiger partial charge on any atom is -0.455 e. The Bertz CT molecular complexity index is 3480. The fraction of sp³-hybridized carbons (Fsp3) is 0.0909. The number of benzene rings is 8. The van der Waals surface area contributed by atoms with Crippen LogP contribution in [0, 0.1) is 0 Å². The Morgan fingerprint density at radius 1 is 0.525 bits per heavy atom. The fourth-order valence-corrected chi connectivity index (χ4v) is 10.8. The van der Waals surface area contributed by atoms with E-state index in [4.69, 9.17) is 4.42 Å². The van der Waals surface area contributed by atoms with Crippen molar-refractivity contribution in [1.29, 1.82) is 0 Å². The molecule has 280 valence electrons. The molecule has 4 nitrogen and oxygen atoms in total. The van der Waals surface area contributed by atoms with Crippen molar-refractivity contribution in [2.45, 2.75) is 31.2 Å². The van der Waals surface area contributed by atoms with E-state index in [0.717, 1.165) is 62.6 Å². The van der Waals surface area contributed by atoms with Crippen LogP contribution in [0.2, 0.25) is 0 Å². The van der Waals surface area contributed by atoms with Gasteiger partial charge in [0.2, 0.25) is 0 Å². The van der Waals surface area contributed by atoms with Gasteiger partial charge in [0.15, 0.2) is 0 Å². The summed E-state index contributed by atoms with van der Waals surface area (Å²) < 4.78 is 11.8. The Morgan fingerprint density at radius 2 is 1.15 bits per heavy atom. The predicted octanol–water partition coefficient (Wildman–Crippen LogP) is 14.6. The van der Waals surface area contributed by atoms with Gasteiger partial charge >= 0.3 is 0 Å². The van der Waals surface area contributed by atoms with Crippen LogP contribution in [0.5, 0.6) is 0 Å². The van der Waals surface area contributed by atoms with Crippen LogP contribution in [-0.4, -0.2) is 15.2 Å². The number of rotatable bonds is 4. The van der Waals surface area contributed by atoms with Crippen molar-refractivity contribution < 1.29 is 4.42 Å². The maximum atomic E-state index is 6.86. The Morgan fingerprint density at radius 3 is 1.90 bits per heavy atom. The molecular weight excluding hydrogens is 719 g/mol. The molecular formula is C55H39N3O. The molecule has 2 aliphatic rings. The summed E-state index contributed by atoms with van der Waals surface area (Å²) in [5, 5.41) is 7.13. The summed E-state index contributed by atoms with van der Waals surface area (Å²) in [5.41, 5.74) is 15.2. The van der Waals surface area contributed by atoms with Crippen molar-refractivity contribution in [3.63, 3.8) is 0 Å². The first-order valence-corrected chi connectivity index (χ1v) is 20.8. The lowest BCUT2D eigenvalue weighted by atomic mass is 9.72. The van der Waals surface area contributed by atoms with Gasteiger partial charge in [-0.3, -0.25) is 0 Å². The van der Waals surface area contributed by atoms with E-state index in [2.05, 4.69) is 209 Å². The van der Waals surface area contributed by atoms with Gasteiger partial charge in [-0.25, -0.2) is 0 Å². The van der Waals surface area contributed by atoms with E-state index in [9.17, 15) is 0 Å². The highest BCUT2D eigenvalue weighted by atomic mass is 16.3. The highest BCUT2D eigenvalue weighted by Crippen LogP contribution is 2.54. The molecule has 0 bridgehead atoms. The van der Waals surface area contributed by atoms with Crippen molar-refractivity contribution in [3.8, 4) is 22.5 Å². The molecule has 1 aliphatic carbocycles. The highest BCUT2D eigenvalue weighted by Gasteiger charge is 2.48. The standard InChI is InChI=1S/C55H39N3O/c1-55-32-14-13-25-51(55)57(36-15-3-2-4-16-36)49-31-30-38(33-45(49)55)58-48-23-11-7-20-42(48)52-53(58)43(34-44-41-19-8-12-24-50(41)59-54(44)52)35-26-28-37(29-27-35)56-46-21-9-5-17-39(46)40-18-6-10-22-47(40)56/h2-24,26-31,33-34,51H,25,32H2,1H3. The molecule has 3 aromatic heterocycles. The molecule has 8 aromatic carbocycles. The second-order valence-electron chi connectivity index (χ2n) is 16.6. The topological polar surface area (TPSA) is 26.2 Å². The van der Waals surface area contributed by atoms with Crippen LogP contribution in [0.15, 0.2) is 192 Å². The monoisotopic (exact) mass is 757 g/mol. The molecule has 0 N–H and O–H groups in total. The van der Waals surface area contributed by atoms with Gasteiger partial charge in [0.05, 0.1) is 27.5 Å². The van der Waals surface area contributed by atoms with Gasteiger partial charge in [0.25, 0.3) is 0 Å². The first-order chi connectivity index (χ1) is 29.2. The molecule has 0 saturated carbocycles. The quantitative estimate of drug-likeness (QED) is 0.167. The SMILES string of the molecule is CC12CC=CCC1N(c1ccccc1)c1ccc(-n3c4ccccc4c4c5oc6ccccc6c5cc(-c5ccc(-n6c7ccccc7c7ccccc76)cc5)c43)cc12. The number of anilines is 2. The summed E-state index contributed by atoms with van der Waals surface area (Å²) in [4.78, 5) is 2.59. The van der Waals surface area contributed by atoms with Crippen LogP contribution in [-0.2, 0) is 5.41 Å². The third-order valence-corrected chi connectivity index (χ3v) is 13.6. The van der Waals surface area contributed by atoms with Gasteiger partial charge in [-0.15, -0.1) is 0 Å². The first-order valence-electron chi connectivity index (χ1n) is 20.8. The van der Waals surface area contributed by atoms with E-state index in [1.807, 2.05) is 0 Å². The van der Waals surface area contributed by atoms with Crippen molar-refractivity contribution in [2.75, 3.05) is 4.90 Å². The number of furan rings is 1. The smallest absolute Gasteiger partial charge is 0.145 e. The number of hydrogen-bond acceptors (Lipinski definition) is 2. The summed E-state index contributed by atoms with van der Waals surface area (Å²) in [6, 6.07) is 64.8. The summed E-state index contributed by atoms with van der Waals surface area (Å²) in [6.45, 7) is 2.47. The summed E-state index contributed by atoms with van der Waals surface area (Å²) in [7, 11) is 0. The second-order valence-corrected chi connectivity index (χ2v) is 16.6. The molecule has 1 aliphatic heterocycles. The molecule has 4 heterocycles. The largest absolute Gasteiger partial charge is 0.455 e. The van der Waals surface area contributed by atoms with Crippen molar-refractivity contribution in [2.24, 2.45) is 0 Å². The zero-order valence-electron chi connectivity index (χ0n) is 32.6. The molecule has 13 rings (SSSR count). The Kier molecular flexibility index (Phi) is 6.72. The van der Waals surface area contributed by atoms with Gasteiger partial charge in [-0.2, -0.15) is 0 Å². The van der Waals surface area contributed by atoms with Gasteiger partial charge < -0.3 is 18.5 Å². The average Bonchev–Trinajstić information content (AvgIpc) is 4.01. The molecule has 4 heteroatoms. The van der Waals surface area contributed by atoms with Gasteiger partial charge in [-0.1, -0.05) is 122 Å². The van der Waals surface area contributed by atoms with Gasteiger partial charge in [0.1, 0.15) is 11.2 Å². The van der Waals surface area contributed by atoms with E-state index in [0.29, 0.717) is 6.04 Å². The van der Waals surface area contributed by atoms with Crippen molar-refractivity contribution in [3.05, 3.63) is 194 Å². The van der Waals surface area contributed by atoms with Gasteiger partial charge in [-0.05, 0) is 96.8 Å². The minimum atomic E-state index is -0.0355. The van der Waals surface area contributed by atoms with Crippen LogP contribution in [0.1, 0.15) is 25.3 Å². The van der Waals surface area contributed by atoms with Crippen LogP contribution in [0.25, 0.3) is 88.1 Å². The lowest BCUT2D eigenvalue weighted by Gasteiger charge is -2.38. The average molecular weight is 758 g/mol. The molecule has 0 fully saturated rings. The summed E-state index contributed by atoms with van der Waals surface area (Å²) in [5.74, 6) is 0. The number of fused-ring (bicyclic) bond motifs is 13. The lowest BCUT2D eigenvalue weighted by Crippen LogP contribution is -2.41. The number of nitrogens with zero attached hydrogens (tertiary/aromatic N) is 3. The predicted molar refractivity (Wildman–Crippen MR) is 246 cm³/mol. The molecule has 0 amide bonds. The molecule has 0 radical (unpaired) electrons. The number of allylic oxidation sites excluding steroid dienone is 1. The normalized spacial score (nSPS) is 17.6. The summed E-state index contributed by atoms with van der Waals surface area (Å²) in [6.07, 6.45) is 6.79. The number of para-hydroxylation sites is 5. The molecule has 2 atom stereocenters. The Labute approximate surface area is 341 Å². The van der Waals surface area contributed by atoms with Crippen LogP contribution >= 0.6 is 0 Å². The maximum Gasteiger partial charge on any atom is 0.145 e. The minimum absolute atomic E-state index is 0.0355. The van der Waals surface area contributed by atoms with Crippen molar-refractivity contribution >= 4 is 76.9 Å². The number of aromatic nitrogens is 2. The Balaban J connectivity index is 1.08. The molecule has 2 unspecified atom stereocenters. The zero-order chi connectivity index (χ0) is 38.8. The molecule has 0 spiro atoms. The maximum absolute atomic E-state index is 6.86. The van der Waals surface area contributed by atoms with E-state index < -0.39 is 0 Å². The number of hydrogen-bond donors (Lipinski definition) is 0. The Hall–Kier alpha value is -7.30. The van der Waals surface area contributed by atoms with Gasteiger partial charge in [0, 0.05) is 66.7 Å². The van der Waals surface area contributed by atoms with E-state index in [-0.39, 0.29) is 5.41 Å². The van der Waals surface area contributed by atoms with Crippen LogP contribution in [0.3, 0.4) is 0 Å². The second kappa shape index (κ2) is 12.1. The van der Waals surface area contributed by atoms with Crippen LogP contribution < -0.4 is 4.90 Å². The zero-order valence-corrected chi connectivity index (χ0v) is 32.6. The third-order valence-electron chi connectivity index (χ3n) is 13.6. The van der Waals surface area contributed by atoms with E-state index >= 15 is 0 Å². The highest BCUT2D eigenvalue weighted by molar-refractivity contribution is 6.27. The van der Waals surface area contributed by atoms with Crippen molar-refractivity contribution in [1.82, 2.24) is 9.13 Å². The summed E-state index contributed by atoms with van der Waals surface area (Å²) >= 11 is 0.